The van der Waals surface area contributed by atoms with Gasteiger partial charge in [0.25, 0.3) is 0 Å². The molecule has 0 spiro atoms. The largest absolute Gasteiger partial charge is 0.481 e. The van der Waals surface area contributed by atoms with Crippen molar-refractivity contribution in [3.05, 3.63) is 53.6 Å². The van der Waals surface area contributed by atoms with Crippen LogP contribution in [-0.2, 0) is 22.4 Å². The van der Waals surface area contributed by atoms with Crippen molar-refractivity contribution < 1.29 is 39.8 Å². The van der Waals surface area contributed by atoms with Crippen LogP contribution in [0.25, 0.3) is 11.1 Å². The number of hydrogen-bond acceptors (Lipinski definition) is 7. The lowest BCUT2D eigenvalue weighted by molar-refractivity contribution is -0.277. The average Bonchev–Trinajstić information content (AvgIpc) is 2.79. The smallest absolute Gasteiger partial charge is 0.307 e. The van der Waals surface area contributed by atoms with E-state index in [1.807, 2.05) is 18.2 Å². The lowest BCUT2D eigenvalue weighted by atomic mass is 9.88. The summed E-state index contributed by atoms with van der Waals surface area (Å²) >= 11 is 0. The van der Waals surface area contributed by atoms with Crippen molar-refractivity contribution >= 4 is 5.97 Å². The van der Waals surface area contributed by atoms with Crippen LogP contribution in [0.1, 0.15) is 44.7 Å². The summed E-state index contributed by atoms with van der Waals surface area (Å²) in [7, 11) is 0. The number of aliphatic carboxylic acids is 1. The predicted molar refractivity (Wildman–Crippen MR) is 130 cm³/mol. The van der Waals surface area contributed by atoms with Gasteiger partial charge in [0.1, 0.15) is 30.2 Å². The SMILES string of the molecule is CC(C)(C)CCCc1ccc(OC2OC(CO)C(O)C(O)C2O)c(-c2cccc(CC(=O)O)c2)c1. The van der Waals surface area contributed by atoms with Gasteiger partial charge in [0.15, 0.2) is 0 Å². The van der Waals surface area contributed by atoms with Gasteiger partial charge in [-0.05, 0) is 53.5 Å². The Labute approximate surface area is 205 Å². The number of rotatable bonds is 9. The topological polar surface area (TPSA) is 137 Å². The van der Waals surface area contributed by atoms with Crippen LogP contribution in [0.2, 0.25) is 0 Å². The number of carbonyl (C=O) groups is 1. The molecule has 0 bridgehead atoms. The molecule has 1 saturated heterocycles. The second-order valence-corrected chi connectivity index (χ2v) is 10.3. The second-order valence-electron chi connectivity index (χ2n) is 10.3. The standard InChI is InChI=1S/C27H36O8/c1-27(2,3)11-5-7-16-9-10-20(34-26-25(33)24(32)23(31)21(15-28)35-26)19(13-16)18-8-4-6-17(12-18)14-22(29)30/h4,6,8-10,12-13,21,23-26,28,31-33H,5,7,11,14-15H2,1-3H3,(H,29,30). The molecule has 35 heavy (non-hydrogen) atoms. The third-order valence-electron chi connectivity index (χ3n) is 6.12. The molecule has 8 heteroatoms. The molecule has 2 aromatic carbocycles. The van der Waals surface area contributed by atoms with E-state index in [-0.39, 0.29) is 11.8 Å². The highest BCUT2D eigenvalue weighted by Gasteiger charge is 2.44. The van der Waals surface area contributed by atoms with Crippen LogP contribution in [0, 0.1) is 5.41 Å². The van der Waals surface area contributed by atoms with Gasteiger partial charge in [-0.3, -0.25) is 4.79 Å². The fraction of sp³-hybridized carbons (Fsp3) is 0.519. The number of carboxylic acids is 1. The van der Waals surface area contributed by atoms with E-state index in [1.165, 1.54) is 0 Å². The first-order valence-electron chi connectivity index (χ1n) is 11.9. The van der Waals surface area contributed by atoms with Crippen molar-refractivity contribution in [3.8, 4) is 16.9 Å². The van der Waals surface area contributed by atoms with Gasteiger partial charge in [0, 0.05) is 5.56 Å². The minimum atomic E-state index is -1.55. The molecule has 1 fully saturated rings. The number of benzene rings is 2. The van der Waals surface area contributed by atoms with Crippen LogP contribution in [0.5, 0.6) is 5.75 Å². The molecule has 2 aromatic rings. The van der Waals surface area contributed by atoms with Gasteiger partial charge in [-0.25, -0.2) is 0 Å². The number of aliphatic hydroxyl groups is 4. The van der Waals surface area contributed by atoms with Crippen LogP contribution in [0.4, 0.5) is 0 Å². The highest BCUT2D eigenvalue weighted by atomic mass is 16.7. The normalized spacial score (nSPS) is 24.8. The van der Waals surface area contributed by atoms with Crippen LogP contribution >= 0.6 is 0 Å². The average molecular weight is 489 g/mol. The zero-order valence-electron chi connectivity index (χ0n) is 20.4. The number of hydrogen-bond donors (Lipinski definition) is 5. The van der Waals surface area contributed by atoms with Gasteiger partial charge >= 0.3 is 5.97 Å². The molecule has 0 aromatic heterocycles. The Morgan fingerprint density at radius 2 is 1.74 bits per heavy atom. The Morgan fingerprint density at radius 3 is 2.40 bits per heavy atom. The zero-order chi connectivity index (χ0) is 25.8. The van der Waals surface area contributed by atoms with Gasteiger partial charge in [-0.15, -0.1) is 0 Å². The quantitative estimate of drug-likeness (QED) is 0.363. The molecular weight excluding hydrogens is 452 g/mol. The van der Waals surface area contributed by atoms with E-state index in [0.29, 0.717) is 16.9 Å². The number of carboxylic acid groups (broad SMARTS) is 1. The van der Waals surface area contributed by atoms with E-state index < -0.39 is 43.3 Å². The maximum atomic E-state index is 11.2. The summed E-state index contributed by atoms with van der Waals surface area (Å²) in [5, 5.41) is 49.3. The fourth-order valence-corrected chi connectivity index (χ4v) is 4.20. The first-order valence-corrected chi connectivity index (χ1v) is 11.9. The maximum absolute atomic E-state index is 11.2. The molecule has 0 aliphatic carbocycles. The van der Waals surface area contributed by atoms with Crippen molar-refractivity contribution in [3.63, 3.8) is 0 Å². The Bertz CT molecular complexity index is 997. The van der Waals surface area contributed by atoms with Crippen molar-refractivity contribution in [1.82, 2.24) is 0 Å². The highest BCUT2D eigenvalue weighted by Crippen LogP contribution is 2.35. The number of ether oxygens (including phenoxy) is 2. The Balaban J connectivity index is 1.93. The minimum absolute atomic E-state index is 0.123. The van der Waals surface area contributed by atoms with E-state index in [2.05, 4.69) is 20.8 Å². The van der Waals surface area contributed by atoms with Crippen LogP contribution in [0.15, 0.2) is 42.5 Å². The molecule has 192 valence electrons. The van der Waals surface area contributed by atoms with Crippen LogP contribution < -0.4 is 4.74 Å². The van der Waals surface area contributed by atoms with Gasteiger partial charge in [-0.2, -0.15) is 0 Å². The van der Waals surface area contributed by atoms with Crippen molar-refractivity contribution in [2.45, 2.75) is 77.2 Å². The molecule has 0 radical (unpaired) electrons. The number of aliphatic hydroxyl groups excluding tert-OH is 4. The van der Waals surface area contributed by atoms with Gasteiger partial charge in [-0.1, -0.05) is 51.1 Å². The third kappa shape index (κ3) is 7.25. The van der Waals surface area contributed by atoms with Gasteiger partial charge in [0.05, 0.1) is 13.0 Å². The molecule has 0 saturated carbocycles. The van der Waals surface area contributed by atoms with Crippen LogP contribution in [-0.4, -0.2) is 68.8 Å². The minimum Gasteiger partial charge on any atom is -0.481 e. The predicted octanol–water partition coefficient (Wildman–Crippen LogP) is 2.53. The molecule has 0 amide bonds. The van der Waals surface area contributed by atoms with E-state index >= 15 is 0 Å². The van der Waals surface area contributed by atoms with Crippen LogP contribution in [0.3, 0.4) is 0 Å². The molecule has 8 nitrogen and oxygen atoms in total. The van der Waals surface area contributed by atoms with Crippen molar-refractivity contribution in [1.29, 1.82) is 0 Å². The molecular formula is C27H36O8. The zero-order valence-corrected chi connectivity index (χ0v) is 20.4. The monoisotopic (exact) mass is 488 g/mol. The van der Waals surface area contributed by atoms with Crippen molar-refractivity contribution in [2.24, 2.45) is 5.41 Å². The van der Waals surface area contributed by atoms with Gasteiger partial charge < -0.3 is 35.0 Å². The summed E-state index contributed by atoms with van der Waals surface area (Å²) in [5.41, 5.74) is 3.35. The molecule has 5 N–H and O–H groups in total. The molecule has 5 unspecified atom stereocenters. The first kappa shape index (κ1) is 27.1. The van der Waals surface area contributed by atoms with Gasteiger partial charge in [0.2, 0.25) is 6.29 Å². The Hall–Kier alpha value is -2.49. The van der Waals surface area contributed by atoms with E-state index in [9.17, 15) is 30.3 Å². The van der Waals surface area contributed by atoms with E-state index in [0.717, 1.165) is 30.4 Å². The summed E-state index contributed by atoms with van der Waals surface area (Å²) in [5.74, 6) is -0.572. The third-order valence-corrected chi connectivity index (χ3v) is 6.12. The summed E-state index contributed by atoms with van der Waals surface area (Å²) < 4.78 is 11.5. The summed E-state index contributed by atoms with van der Waals surface area (Å²) in [6.07, 6.45) is -4.20. The molecule has 1 aliphatic heterocycles. The Morgan fingerprint density at radius 1 is 1.00 bits per heavy atom. The number of aryl methyl sites for hydroxylation is 1. The Kier molecular flexibility index (Phi) is 8.90. The maximum Gasteiger partial charge on any atom is 0.307 e. The molecule has 1 aliphatic rings. The highest BCUT2D eigenvalue weighted by molar-refractivity contribution is 5.74. The van der Waals surface area contributed by atoms with E-state index in [1.54, 1.807) is 24.3 Å². The summed E-state index contributed by atoms with van der Waals surface area (Å²) in [6.45, 7) is 6.04. The lowest BCUT2D eigenvalue weighted by Crippen LogP contribution is -2.60. The van der Waals surface area contributed by atoms with E-state index in [4.69, 9.17) is 9.47 Å². The molecule has 1 heterocycles. The summed E-state index contributed by atoms with van der Waals surface area (Å²) in [6, 6.07) is 12.8. The fourth-order valence-electron chi connectivity index (χ4n) is 4.20. The first-order chi connectivity index (χ1) is 16.5. The lowest BCUT2D eigenvalue weighted by Gasteiger charge is -2.39. The second kappa shape index (κ2) is 11.5. The molecule has 3 rings (SSSR count). The van der Waals surface area contributed by atoms with Crippen molar-refractivity contribution in [2.75, 3.05) is 6.61 Å². The molecule has 5 atom stereocenters. The summed E-state index contributed by atoms with van der Waals surface area (Å²) in [4.78, 5) is 11.2.